The molecule has 0 aliphatic heterocycles. The van der Waals surface area contributed by atoms with Gasteiger partial charge in [0.15, 0.2) is 5.65 Å². The summed E-state index contributed by atoms with van der Waals surface area (Å²) >= 11 is 0. The SMILES string of the molecule is O=C(NCC(F)(F)F)Nc1cccc(-c2cnn3cc(-c4ccccn4)cnc23)c1. The second-order valence-electron chi connectivity index (χ2n) is 6.39. The van der Waals surface area contributed by atoms with Gasteiger partial charge in [0.05, 0.1) is 11.9 Å². The van der Waals surface area contributed by atoms with Gasteiger partial charge in [-0.1, -0.05) is 18.2 Å². The molecule has 0 saturated heterocycles. The predicted octanol–water partition coefficient (Wildman–Crippen LogP) is 4.14. The Morgan fingerprint density at radius 2 is 1.90 bits per heavy atom. The van der Waals surface area contributed by atoms with Gasteiger partial charge in [-0.3, -0.25) is 4.98 Å². The molecule has 0 atom stereocenters. The van der Waals surface area contributed by atoms with E-state index in [0.29, 0.717) is 22.5 Å². The van der Waals surface area contributed by atoms with Gasteiger partial charge in [-0.2, -0.15) is 18.3 Å². The van der Waals surface area contributed by atoms with Gasteiger partial charge in [-0.05, 0) is 29.8 Å². The zero-order chi connectivity index (χ0) is 21.1. The van der Waals surface area contributed by atoms with Crippen molar-refractivity contribution in [3.05, 3.63) is 67.3 Å². The number of hydrogen-bond acceptors (Lipinski definition) is 4. The number of halogens is 3. The lowest BCUT2D eigenvalue weighted by Crippen LogP contribution is -2.36. The average Bonchev–Trinajstić information content (AvgIpc) is 3.16. The molecule has 2 N–H and O–H groups in total. The molecule has 0 saturated carbocycles. The summed E-state index contributed by atoms with van der Waals surface area (Å²) in [5, 5.41) is 8.49. The number of amides is 2. The van der Waals surface area contributed by atoms with Crippen LogP contribution in [0.2, 0.25) is 0 Å². The van der Waals surface area contributed by atoms with Crippen LogP contribution in [0.3, 0.4) is 0 Å². The van der Waals surface area contributed by atoms with Crippen molar-refractivity contribution in [2.45, 2.75) is 6.18 Å². The first-order chi connectivity index (χ1) is 14.4. The Bertz CT molecular complexity index is 1190. The summed E-state index contributed by atoms with van der Waals surface area (Å²) in [6.45, 7) is -1.41. The number of aromatic nitrogens is 4. The van der Waals surface area contributed by atoms with Crippen molar-refractivity contribution in [3.8, 4) is 22.4 Å². The highest BCUT2D eigenvalue weighted by atomic mass is 19.4. The molecule has 152 valence electrons. The molecule has 2 amide bonds. The number of benzene rings is 1. The van der Waals surface area contributed by atoms with Gasteiger partial charge < -0.3 is 10.6 Å². The van der Waals surface area contributed by atoms with E-state index < -0.39 is 18.8 Å². The minimum atomic E-state index is -4.48. The Kier molecular flexibility index (Phi) is 5.05. The maximum absolute atomic E-state index is 12.2. The van der Waals surface area contributed by atoms with Crippen molar-refractivity contribution in [3.63, 3.8) is 0 Å². The third-order valence-corrected chi connectivity index (χ3v) is 4.20. The number of carbonyl (C=O) groups excluding carboxylic acids is 1. The number of anilines is 1. The van der Waals surface area contributed by atoms with Crippen LogP contribution in [0.5, 0.6) is 0 Å². The fraction of sp³-hybridized carbons (Fsp3) is 0.100. The molecule has 3 heterocycles. The zero-order valence-corrected chi connectivity index (χ0v) is 15.4. The first-order valence-corrected chi connectivity index (χ1v) is 8.86. The summed E-state index contributed by atoms with van der Waals surface area (Å²) in [6, 6.07) is 11.3. The minimum Gasteiger partial charge on any atom is -0.329 e. The van der Waals surface area contributed by atoms with Crippen LogP contribution in [-0.2, 0) is 0 Å². The van der Waals surface area contributed by atoms with E-state index in [1.165, 1.54) is 0 Å². The van der Waals surface area contributed by atoms with E-state index in [1.807, 2.05) is 18.2 Å². The number of alkyl halides is 3. The van der Waals surface area contributed by atoms with Crippen LogP contribution in [0, 0.1) is 0 Å². The van der Waals surface area contributed by atoms with Crippen LogP contribution in [0.15, 0.2) is 67.3 Å². The van der Waals surface area contributed by atoms with Crippen LogP contribution in [-0.4, -0.2) is 38.3 Å². The van der Waals surface area contributed by atoms with Gasteiger partial charge in [0.25, 0.3) is 0 Å². The molecule has 0 spiro atoms. The Morgan fingerprint density at radius 3 is 2.67 bits per heavy atom. The van der Waals surface area contributed by atoms with Gasteiger partial charge in [0.1, 0.15) is 6.54 Å². The third kappa shape index (κ3) is 4.37. The largest absolute Gasteiger partial charge is 0.405 e. The van der Waals surface area contributed by atoms with Crippen molar-refractivity contribution >= 4 is 17.4 Å². The standard InChI is InChI=1S/C20H15F3N6O/c21-20(22,23)12-26-19(30)28-15-5-3-4-13(8-15)16-10-27-29-11-14(9-25-18(16)29)17-6-1-2-7-24-17/h1-11H,12H2,(H2,26,28,30). The quantitative estimate of drug-likeness (QED) is 0.528. The van der Waals surface area contributed by atoms with Crippen molar-refractivity contribution in [1.82, 2.24) is 24.9 Å². The summed E-state index contributed by atoms with van der Waals surface area (Å²) in [4.78, 5) is 20.5. The molecule has 3 aromatic heterocycles. The summed E-state index contributed by atoms with van der Waals surface area (Å²) in [5.41, 5.74) is 3.91. The van der Waals surface area contributed by atoms with Crippen LogP contribution in [0.4, 0.5) is 23.7 Å². The molecule has 0 fully saturated rings. The molecule has 10 heteroatoms. The fourth-order valence-corrected chi connectivity index (χ4v) is 2.86. The number of rotatable bonds is 4. The Labute approximate surface area is 168 Å². The zero-order valence-electron chi connectivity index (χ0n) is 15.4. The summed E-state index contributed by atoms with van der Waals surface area (Å²) in [7, 11) is 0. The summed E-state index contributed by atoms with van der Waals surface area (Å²) < 4.78 is 38.3. The predicted molar refractivity (Wildman–Crippen MR) is 105 cm³/mol. The van der Waals surface area contributed by atoms with Gasteiger partial charge in [0.2, 0.25) is 0 Å². The highest BCUT2D eigenvalue weighted by Gasteiger charge is 2.27. The second kappa shape index (κ2) is 7.82. The number of pyridine rings is 1. The maximum Gasteiger partial charge on any atom is 0.405 e. The van der Waals surface area contributed by atoms with Gasteiger partial charge >= 0.3 is 12.2 Å². The second-order valence-corrected chi connectivity index (χ2v) is 6.39. The molecule has 4 rings (SSSR count). The number of hydrogen-bond donors (Lipinski definition) is 2. The molecule has 1 aromatic carbocycles. The molecule has 0 radical (unpaired) electrons. The van der Waals surface area contributed by atoms with Crippen molar-refractivity contribution in [1.29, 1.82) is 0 Å². The summed E-state index contributed by atoms with van der Waals surface area (Å²) in [5.74, 6) is 0. The lowest BCUT2D eigenvalue weighted by atomic mass is 10.1. The van der Waals surface area contributed by atoms with Crippen LogP contribution in [0.1, 0.15) is 0 Å². The Balaban J connectivity index is 1.57. The van der Waals surface area contributed by atoms with E-state index in [0.717, 1.165) is 11.3 Å². The lowest BCUT2D eigenvalue weighted by Gasteiger charge is -2.10. The highest BCUT2D eigenvalue weighted by Crippen LogP contribution is 2.27. The topological polar surface area (TPSA) is 84.2 Å². The molecular formula is C20H15F3N6O. The summed E-state index contributed by atoms with van der Waals surface area (Å²) in [6.07, 6.45) is 2.34. The lowest BCUT2D eigenvalue weighted by molar-refractivity contribution is -0.122. The smallest absolute Gasteiger partial charge is 0.329 e. The van der Waals surface area contributed by atoms with E-state index >= 15 is 0 Å². The van der Waals surface area contributed by atoms with Gasteiger partial charge in [0, 0.05) is 35.4 Å². The average molecular weight is 412 g/mol. The minimum absolute atomic E-state index is 0.344. The number of nitrogens with one attached hydrogen (secondary N) is 2. The maximum atomic E-state index is 12.2. The van der Waals surface area contributed by atoms with Crippen LogP contribution >= 0.6 is 0 Å². The molecular weight excluding hydrogens is 397 g/mol. The van der Waals surface area contributed by atoms with Crippen LogP contribution < -0.4 is 10.6 Å². The van der Waals surface area contributed by atoms with Crippen molar-refractivity contribution in [2.24, 2.45) is 0 Å². The monoisotopic (exact) mass is 412 g/mol. The molecule has 30 heavy (non-hydrogen) atoms. The van der Waals surface area contributed by atoms with E-state index in [9.17, 15) is 18.0 Å². The molecule has 0 aliphatic carbocycles. The fourth-order valence-electron chi connectivity index (χ4n) is 2.86. The first-order valence-electron chi connectivity index (χ1n) is 8.86. The number of carbonyl (C=O) groups is 1. The molecule has 0 aliphatic rings. The van der Waals surface area contributed by atoms with Crippen molar-refractivity contribution in [2.75, 3.05) is 11.9 Å². The van der Waals surface area contributed by atoms with Crippen LogP contribution in [0.25, 0.3) is 28.0 Å². The first kappa shape index (κ1) is 19.4. The Hall–Kier alpha value is -3.95. The molecule has 7 nitrogen and oxygen atoms in total. The van der Waals surface area contributed by atoms with E-state index in [-0.39, 0.29) is 0 Å². The third-order valence-electron chi connectivity index (χ3n) is 4.20. The van der Waals surface area contributed by atoms with Gasteiger partial charge in [-0.25, -0.2) is 14.3 Å². The molecule has 0 unspecified atom stereocenters. The normalized spacial score (nSPS) is 11.4. The number of nitrogens with zero attached hydrogens (tertiary/aromatic N) is 4. The van der Waals surface area contributed by atoms with E-state index in [4.69, 9.17) is 0 Å². The number of fused-ring (bicyclic) bond motifs is 1. The van der Waals surface area contributed by atoms with Crippen molar-refractivity contribution < 1.29 is 18.0 Å². The molecule has 0 bridgehead atoms. The highest BCUT2D eigenvalue weighted by molar-refractivity contribution is 5.90. The Morgan fingerprint density at radius 1 is 1.03 bits per heavy atom. The molecule has 4 aromatic rings. The van der Waals surface area contributed by atoms with Gasteiger partial charge in [-0.15, -0.1) is 0 Å². The van der Waals surface area contributed by atoms with E-state index in [1.54, 1.807) is 58.9 Å². The van der Waals surface area contributed by atoms with E-state index in [2.05, 4.69) is 20.4 Å². The number of urea groups is 1.